The van der Waals surface area contributed by atoms with Gasteiger partial charge in [0.2, 0.25) is 10.0 Å². The Kier molecular flexibility index (Phi) is 5.25. The lowest BCUT2D eigenvalue weighted by atomic mass is 10.1. The van der Waals surface area contributed by atoms with E-state index in [4.69, 9.17) is 18.0 Å². The summed E-state index contributed by atoms with van der Waals surface area (Å²) < 4.78 is 26.6. The first kappa shape index (κ1) is 15.1. The van der Waals surface area contributed by atoms with Crippen molar-refractivity contribution >= 4 is 27.2 Å². The molecule has 0 fully saturated rings. The highest BCUT2D eigenvalue weighted by atomic mass is 32.2. The van der Waals surface area contributed by atoms with Crippen LogP contribution >= 0.6 is 12.2 Å². The van der Waals surface area contributed by atoms with Gasteiger partial charge in [-0.25, -0.2) is 13.1 Å². The Labute approximate surface area is 114 Å². The molecule has 0 aromatic heterocycles. The summed E-state index contributed by atoms with van der Waals surface area (Å²) in [6.45, 7) is 3.76. The SMILES string of the molecule is CCC(C)NS(=O)(=O)c1ccc(CC(N)=S)cc1. The second-order valence-corrected chi connectivity index (χ2v) is 6.46. The Morgan fingerprint density at radius 2 is 1.94 bits per heavy atom. The van der Waals surface area contributed by atoms with Gasteiger partial charge in [0.05, 0.1) is 9.88 Å². The van der Waals surface area contributed by atoms with E-state index in [-0.39, 0.29) is 10.9 Å². The van der Waals surface area contributed by atoms with Gasteiger partial charge in [0.25, 0.3) is 0 Å². The fourth-order valence-electron chi connectivity index (χ4n) is 1.40. The zero-order chi connectivity index (χ0) is 13.8. The van der Waals surface area contributed by atoms with E-state index in [1.807, 2.05) is 13.8 Å². The Morgan fingerprint density at radius 1 is 1.39 bits per heavy atom. The van der Waals surface area contributed by atoms with Crippen LogP contribution in [0, 0.1) is 0 Å². The predicted octanol–water partition coefficient (Wildman–Crippen LogP) is 1.59. The molecule has 0 saturated carbocycles. The molecule has 0 radical (unpaired) electrons. The normalized spacial score (nSPS) is 13.2. The Bertz CT molecular complexity index is 509. The molecule has 1 aromatic rings. The van der Waals surface area contributed by atoms with E-state index >= 15 is 0 Å². The van der Waals surface area contributed by atoms with Crippen molar-refractivity contribution in [3.05, 3.63) is 29.8 Å². The van der Waals surface area contributed by atoms with Crippen LogP contribution in [0.25, 0.3) is 0 Å². The number of sulfonamides is 1. The number of hydrogen-bond donors (Lipinski definition) is 2. The summed E-state index contributed by atoms with van der Waals surface area (Å²) in [6, 6.07) is 6.51. The highest BCUT2D eigenvalue weighted by Crippen LogP contribution is 2.12. The molecule has 3 N–H and O–H groups in total. The molecule has 100 valence electrons. The number of nitrogens with one attached hydrogen (secondary N) is 1. The maximum atomic E-state index is 12.0. The summed E-state index contributed by atoms with van der Waals surface area (Å²) in [4.78, 5) is 0.651. The summed E-state index contributed by atoms with van der Waals surface area (Å²) in [7, 11) is -3.43. The van der Waals surface area contributed by atoms with Gasteiger partial charge in [-0.1, -0.05) is 31.3 Å². The monoisotopic (exact) mass is 286 g/mol. The first-order valence-electron chi connectivity index (χ1n) is 5.74. The number of rotatable bonds is 6. The zero-order valence-electron chi connectivity index (χ0n) is 10.5. The number of nitrogens with two attached hydrogens (primary N) is 1. The Morgan fingerprint density at radius 3 is 2.39 bits per heavy atom. The smallest absolute Gasteiger partial charge is 0.240 e. The third kappa shape index (κ3) is 4.36. The summed E-state index contributed by atoms with van der Waals surface area (Å²) >= 11 is 4.80. The van der Waals surface area contributed by atoms with Crippen LogP contribution in [-0.4, -0.2) is 19.4 Å². The van der Waals surface area contributed by atoms with Gasteiger partial charge in [-0.05, 0) is 31.0 Å². The van der Waals surface area contributed by atoms with Crippen LogP contribution in [0.15, 0.2) is 29.2 Å². The van der Waals surface area contributed by atoms with Crippen molar-refractivity contribution in [3.63, 3.8) is 0 Å². The van der Waals surface area contributed by atoms with Crippen LogP contribution in [-0.2, 0) is 16.4 Å². The van der Waals surface area contributed by atoms with Gasteiger partial charge in [-0.2, -0.15) is 0 Å². The standard InChI is InChI=1S/C12H18N2O2S2/c1-3-9(2)14-18(15,16)11-6-4-10(5-7-11)8-12(13)17/h4-7,9,14H,3,8H2,1-2H3,(H2,13,17). The molecule has 0 spiro atoms. The van der Waals surface area contributed by atoms with Crippen LogP contribution in [0.2, 0.25) is 0 Å². The summed E-state index contributed by atoms with van der Waals surface area (Å²) in [5.41, 5.74) is 6.34. The zero-order valence-corrected chi connectivity index (χ0v) is 12.1. The molecule has 1 atom stereocenters. The van der Waals surface area contributed by atoms with Crippen molar-refractivity contribution in [2.45, 2.75) is 37.6 Å². The third-order valence-electron chi connectivity index (χ3n) is 2.58. The highest BCUT2D eigenvalue weighted by molar-refractivity contribution is 7.89. The van der Waals surface area contributed by atoms with Crippen molar-refractivity contribution in [2.24, 2.45) is 5.73 Å². The molecule has 0 aliphatic rings. The minimum Gasteiger partial charge on any atom is -0.393 e. The second kappa shape index (κ2) is 6.26. The first-order valence-corrected chi connectivity index (χ1v) is 7.64. The molecule has 0 saturated heterocycles. The lowest BCUT2D eigenvalue weighted by Gasteiger charge is -2.12. The van der Waals surface area contributed by atoms with Gasteiger partial charge in [0.1, 0.15) is 0 Å². The van der Waals surface area contributed by atoms with Gasteiger partial charge >= 0.3 is 0 Å². The van der Waals surface area contributed by atoms with Crippen LogP contribution in [0.5, 0.6) is 0 Å². The maximum absolute atomic E-state index is 12.0. The average Bonchev–Trinajstić information content (AvgIpc) is 2.28. The minimum atomic E-state index is -3.43. The fraction of sp³-hybridized carbons (Fsp3) is 0.417. The van der Waals surface area contributed by atoms with Gasteiger partial charge in [-0.15, -0.1) is 0 Å². The van der Waals surface area contributed by atoms with Crippen LogP contribution in [0.4, 0.5) is 0 Å². The van der Waals surface area contributed by atoms with Crippen molar-refractivity contribution in [1.29, 1.82) is 0 Å². The van der Waals surface area contributed by atoms with E-state index in [0.29, 0.717) is 11.4 Å². The fourth-order valence-corrected chi connectivity index (χ4v) is 2.90. The van der Waals surface area contributed by atoms with Crippen molar-refractivity contribution < 1.29 is 8.42 Å². The molecule has 0 aliphatic carbocycles. The van der Waals surface area contributed by atoms with Gasteiger partial charge < -0.3 is 5.73 Å². The van der Waals surface area contributed by atoms with Crippen molar-refractivity contribution in [1.82, 2.24) is 4.72 Å². The molecule has 18 heavy (non-hydrogen) atoms. The maximum Gasteiger partial charge on any atom is 0.240 e. The van der Waals surface area contributed by atoms with E-state index in [1.54, 1.807) is 24.3 Å². The van der Waals surface area contributed by atoms with Crippen LogP contribution < -0.4 is 10.5 Å². The van der Waals surface area contributed by atoms with E-state index in [0.717, 1.165) is 12.0 Å². The van der Waals surface area contributed by atoms with E-state index in [9.17, 15) is 8.42 Å². The largest absolute Gasteiger partial charge is 0.393 e. The molecule has 0 heterocycles. The second-order valence-electron chi connectivity index (χ2n) is 4.22. The molecule has 0 aliphatic heterocycles. The molecule has 4 nitrogen and oxygen atoms in total. The van der Waals surface area contributed by atoms with Gasteiger partial charge in [0, 0.05) is 12.5 Å². The topological polar surface area (TPSA) is 72.2 Å². The Hall–Kier alpha value is -0.980. The van der Waals surface area contributed by atoms with Crippen LogP contribution in [0.3, 0.4) is 0 Å². The molecule has 1 aromatic carbocycles. The van der Waals surface area contributed by atoms with Gasteiger partial charge in [-0.3, -0.25) is 0 Å². The third-order valence-corrected chi connectivity index (χ3v) is 4.33. The predicted molar refractivity (Wildman–Crippen MR) is 77.0 cm³/mol. The lowest BCUT2D eigenvalue weighted by Crippen LogP contribution is -2.31. The minimum absolute atomic E-state index is 0.0775. The molecule has 0 amide bonds. The number of hydrogen-bond acceptors (Lipinski definition) is 3. The highest BCUT2D eigenvalue weighted by Gasteiger charge is 2.16. The van der Waals surface area contributed by atoms with Gasteiger partial charge in [0.15, 0.2) is 0 Å². The number of thiocarbonyl (C=S) groups is 1. The molecular formula is C12H18N2O2S2. The summed E-state index contributed by atoms with van der Waals surface area (Å²) in [6.07, 6.45) is 1.23. The molecule has 1 rings (SSSR count). The average molecular weight is 286 g/mol. The van der Waals surface area contributed by atoms with Crippen LogP contribution in [0.1, 0.15) is 25.8 Å². The van der Waals surface area contributed by atoms with E-state index in [1.165, 1.54) is 0 Å². The molecule has 6 heteroatoms. The molecule has 0 bridgehead atoms. The van der Waals surface area contributed by atoms with E-state index in [2.05, 4.69) is 4.72 Å². The molecular weight excluding hydrogens is 268 g/mol. The Balaban J connectivity index is 2.87. The molecule has 1 unspecified atom stereocenters. The van der Waals surface area contributed by atoms with E-state index < -0.39 is 10.0 Å². The van der Waals surface area contributed by atoms with Crippen molar-refractivity contribution in [3.8, 4) is 0 Å². The first-order chi connectivity index (χ1) is 8.35. The lowest BCUT2D eigenvalue weighted by molar-refractivity contribution is 0.556. The number of benzene rings is 1. The summed E-state index contributed by atoms with van der Waals surface area (Å²) in [5, 5.41) is 0. The quantitative estimate of drug-likeness (QED) is 0.779. The van der Waals surface area contributed by atoms with Crippen molar-refractivity contribution in [2.75, 3.05) is 0 Å². The summed E-state index contributed by atoms with van der Waals surface area (Å²) in [5.74, 6) is 0.